The predicted molar refractivity (Wildman–Crippen MR) is 127 cm³/mol. The van der Waals surface area contributed by atoms with Gasteiger partial charge in [-0.2, -0.15) is 12.8 Å². The molecule has 0 bridgehead atoms. The Kier molecular flexibility index (Phi) is 6.36. The van der Waals surface area contributed by atoms with E-state index in [9.17, 15) is 21.6 Å². The van der Waals surface area contributed by atoms with Crippen molar-refractivity contribution in [3.8, 4) is 5.75 Å². The second kappa shape index (κ2) is 9.24. The lowest BCUT2D eigenvalue weighted by Crippen LogP contribution is -2.31. The first-order valence-electron chi connectivity index (χ1n) is 10.2. The first-order valence-corrected chi connectivity index (χ1v) is 13.1. The van der Waals surface area contributed by atoms with E-state index in [2.05, 4.69) is 9.12 Å². The highest BCUT2D eigenvalue weighted by atomic mass is 32.2. The zero-order chi connectivity index (χ0) is 24.3. The molecule has 3 aromatic carbocycles. The molecule has 0 spiro atoms. The molecular formula is C24H20N2O6S2. The maximum atomic E-state index is 13.0. The average Bonchev–Trinajstić information content (AvgIpc) is 2.83. The lowest BCUT2D eigenvalue weighted by molar-refractivity contribution is 0.102. The number of sulfonamides is 2. The minimum absolute atomic E-state index is 0.0388. The molecule has 0 heterocycles. The molecule has 174 valence electrons. The molecule has 0 aliphatic heterocycles. The summed E-state index contributed by atoms with van der Waals surface area (Å²) in [5.74, 6) is -0.0762. The van der Waals surface area contributed by atoms with Crippen LogP contribution < -0.4 is 9.46 Å². The second-order valence-corrected chi connectivity index (χ2v) is 10.5. The zero-order valence-electron chi connectivity index (χ0n) is 18.0. The van der Waals surface area contributed by atoms with Crippen molar-refractivity contribution in [1.82, 2.24) is 4.72 Å². The molecule has 0 aromatic heterocycles. The van der Waals surface area contributed by atoms with E-state index in [4.69, 9.17) is 4.74 Å². The van der Waals surface area contributed by atoms with Crippen molar-refractivity contribution in [3.05, 3.63) is 102 Å². The van der Waals surface area contributed by atoms with Crippen LogP contribution in [0.2, 0.25) is 0 Å². The summed E-state index contributed by atoms with van der Waals surface area (Å²) >= 11 is 0. The quantitative estimate of drug-likeness (QED) is 0.536. The Balaban J connectivity index is 1.77. The number of carbonyl (C=O) groups is 1. The first-order chi connectivity index (χ1) is 16.2. The summed E-state index contributed by atoms with van der Waals surface area (Å²) in [6.45, 7) is 2.25. The van der Waals surface area contributed by atoms with Crippen molar-refractivity contribution in [1.29, 1.82) is 0 Å². The van der Waals surface area contributed by atoms with Crippen LogP contribution in [0.1, 0.15) is 22.8 Å². The van der Waals surface area contributed by atoms with Gasteiger partial charge in [0.15, 0.2) is 0 Å². The topological polar surface area (TPSA) is 119 Å². The smallest absolute Gasteiger partial charge is 0.282 e. The first kappa shape index (κ1) is 23.4. The summed E-state index contributed by atoms with van der Waals surface area (Å²) in [4.78, 5) is 12.9. The number of allylic oxidation sites excluding steroid dienone is 2. The Bertz CT molecular complexity index is 1510. The highest BCUT2D eigenvalue weighted by Gasteiger charge is 2.29. The maximum Gasteiger partial charge on any atom is 0.282 e. The predicted octanol–water partition coefficient (Wildman–Crippen LogP) is 3.32. The molecule has 3 aromatic rings. The second-order valence-electron chi connectivity index (χ2n) is 7.21. The Morgan fingerprint density at radius 3 is 2.06 bits per heavy atom. The van der Waals surface area contributed by atoms with E-state index in [-0.39, 0.29) is 32.3 Å². The summed E-state index contributed by atoms with van der Waals surface area (Å²) in [5.41, 5.74) is 0.0547. The normalized spacial score (nSPS) is 14.9. The van der Waals surface area contributed by atoms with Crippen LogP contribution in [0.25, 0.3) is 0 Å². The minimum atomic E-state index is -4.17. The van der Waals surface area contributed by atoms with E-state index < -0.39 is 25.8 Å². The van der Waals surface area contributed by atoms with Gasteiger partial charge in [0.25, 0.3) is 20.0 Å². The molecule has 1 aliphatic carbocycles. The van der Waals surface area contributed by atoms with Gasteiger partial charge in [0.05, 0.1) is 27.8 Å². The van der Waals surface area contributed by atoms with Gasteiger partial charge in [-0.25, -0.2) is 8.42 Å². The number of hydrogen-bond acceptors (Lipinski definition) is 6. The van der Waals surface area contributed by atoms with E-state index in [1.165, 1.54) is 42.5 Å². The van der Waals surface area contributed by atoms with Crippen molar-refractivity contribution in [2.24, 2.45) is 4.40 Å². The summed E-state index contributed by atoms with van der Waals surface area (Å²) in [7, 11) is -8.25. The fraction of sp³-hybridized carbons (Fsp3) is 0.0833. The van der Waals surface area contributed by atoms with Gasteiger partial charge in [-0.05, 0) is 49.4 Å². The third-order valence-electron chi connectivity index (χ3n) is 4.92. The number of fused-ring (bicyclic) bond motifs is 1. The fourth-order valence-corrected chi connectivity index (χ4v) is 5.41. The van der Waals surface area contributed by atoms with Crippen LogP contribution in [0.5, 0.6) is 5.75 Å². The number of nitrogens with one attached hydrogen (secondary N) is 1. The van der Waals surface area contributed by atoms with Gasteiger partial charge in [-0.15, -0.1) is 0 Å². The lowest BCUT2D eigenvalue weighted by atomic mass is 9.93. The van der Waals surface area contributed by atoms with Gasteiger partial charge in [-0.1, -0.05) is 42.5 Å². The monoisotopic (exact) mass is 496 g/mol. The van der Waals surface area contributed by atoms with Crippen molar-refractivity contribution in [2.45, 2.75) is 16.7 Å². The van der Waals surface area contributed by atoms with Gasteiger partial charge in [0.2, 0.25) is 5.78 Å². The number of carbonyl (C=O) groups excluding carboxylic acids is 1. The van der Waals surface area contributed by atoms with Crippen molar-refractivity contribution in [2.75, 3.05) is 6.61 Å². The Morgan fingerprint density at radius 1 is 0.794 bits per heavy atom. The average molecular weight is 497 g/mol. The van der Waals surface area contributed by atoms with E-state index >= 15 is 0 Å². The van der Waals surface area contributed by atoms with Gasteiger partial charge in [-0.3, -0.25) is 9.52 Å². The number of Topliss-reactive ketones (excluding diaryl/α,β-unsaturated/α-hetero) is 1. The highest BCUT2D eigenvalue weighted by Crippen LogP contribution is 2.25. The molecule has 1 aliphatic rings. The molecule has 8 nitrogen and oxygen atoms in total. The fourth-order valence-electron chi connectivity index (χ4n) is 3.34. The molecule has 4 rings (SSSR count). The van der Waals surface area contributed by atoms with E-state index in [0.717, 1.165) is 6.08 Å². The number of ether oxygens (including phenoxy) is 1. The van der Waals surface area contributed by atoms with Crippen molar-refractivity contribution >= 4 is 31.5 Å². The van der Waals surface area contributed by atoms with Crippen LogP contribution in [0.4, 0.5) is 0 Å². The third-order valence-corrected chi connectivity index (χ3v) is 7.61. The van der Waals surface area contributed by atoms with Gasteiger partial charge >= 0.3 is 0 Å². The van der Waals surface area contributed by atoms with Gasteiger partial charge in [0, 0.05) is 11.1 Å². The summed E-state index contributed by atoms with van der Waals surface area (Å²) in [6, 6.07) is 19.6. The Hall–Kier alpha value is -3.76. The summed E-state index contributed by atoms with van der Waals surface area (Å²) in [6.07, 6.45) is 1.14. The van der Waals surface area contributed by atoms with E-state index in [0.29, 0.717) is 12.4 Å². The molecule has 0 unspecified atom stereocenters. The van der Waals surface area contributed by atoms with Crippen LogP contribution in [0.15, 0.2) is 105 Å². The Labute approximate surface area is 197 Å². The summed E-state index contributed by atoms with van der Waals surface area (Å²) in [5, 5.41) is 0. The van der Waals surface area contributed by atoms with Gasteiger partial charge < -0.3 is 4.74 Å². The summed E-state index contributed by atoms with van der Waals surface area (Å²) < 4.78 is 63.1. The van der Waals surface area contributed by atoms with Crippen LogP contribution in [-0.4, -0.2) is 34.9 Å². The number of hydrogen-bond donors (Lipinski definition) is 1. The molecule has 0 atom stereocenters. The van der Waals surface area contributed by atoms with E-state index in [1.54, 1.807) is 36.4 Å². The third kappa shape index (κ3) is 4.78. The van der Waals surface area contributed by atoms with Crippen LogP contribution in [0.3, 0.4) is 0 Å². The van der Waals surface area contributed by atoms with Crippen LogP contribution >= 0.6 is 0 Å². The molecule has 1 N–H and O–H groups in total. The molecule has 0 saturated heterocycles. The number of ketones is 1. The van der Waals surface area contributed by atoms with Crippen LogP contribution in [-0.2, 0) is 20.0 Å². The lowest BCUT2D eigenvalue weighted by Gasteiger charge is -2.18. The van der Waals surface area contributed by atoms with E-state index in [1.807, 2.05) is 6.92 Å². The molecule has 0 fully saturated rings. The minimum Gasteiger partial charge on any atom is -0.494 e. The Morgan fingerprint density at radius 2 is 1.41 bits per heavy atom. The molecule has 0 saturated carbocycles. The van der Waals surface area contributed by atoms with Crippen LogP contribution in [0, 0.1) is 0 Å². The SMILES string of the molecule is CCOc1ccc(S(=O)(=O)/N=C2/C=C(NS(=O)(=O)c3ccccc3)C(=O)c3ccccc32)cc1. The number of rotatable bonds is 7. The number of nitrogens with zero attached hydrogens (tertiary/aromatic N) is 1. The maximum absolute atomic E-state index is 13.0. The zero-order valence-corrected chi connectivity index (χ0v) is 19.6. The molecule has 0 amide bonds. The molecule has 10 heteroatoms. The molecule has 34 heavy (non-hydrogen) atoms. The number of benzene rings is 3. The highest BCUT2D eigenvalue weighted by molar-refractivity contribution is 7.90. The standard InChI is InChI=1S/C24H20N2O6S2/c1-2-32-17-12-14-19(15-13-17)34(30,31)25-22-16-23(24(27)21-11-7-6-10-20(21)22)26-33(28,29)18-8-4-3-5-9-18/h3-16,26H,2H2,1H3/b25-22-. The molecule has 0 radical (unpaired) electrons. The largest absolute Gasteiger partial charge is 0.494 e. The molecular weight excluding hydrogens is 476 g/mol. The van der Waals surface area contributed by atoms with Crippen molar-refractivity contribution < 1.29 is 26.4 Å². The van der Waals surface area contributed by atoms with Crippen molar-refractivity contribution in [3.63, 3.8) is 0 Å². The van der Waals surface area contributed by atoms with Gasteiger partial charge in [0.1, 0.15) is 5.75 Å².